The Kier molecular flexibility index (Phi) is 4.94. The van der Waals surface area contributed by atoms with Crippen LogP contribution >= 0.6 is 11.6 Å². The molecule has 2 N–H and O–H groups in total. The highest BCUT2D eigenvalue weighted by molar-refractivity contribution is 6.30. The van der Waals surface area contributed by atoms with E-state index in [9.17, 15) is 9.59 Å². The van der Waals surface area contributed by atoms with Crippen molar-refractivity contribution in [1.82, 2.24) is 19.1 Å². The van der Waals surface area contributed by atoms with Gasteiger partial charge in [0.15, 0.2) is 11.2 Å². The van der Waals surface area contributed by atoms with Crippen LogP contribution in [-0.2, 0) is 13.6 Å². The summed E-state index contributed by atoms with van der Waals surface area (Å²) in [4.78, 5) is 30.8. The van der Waals surface area contributed by atoms with E-state index in [-0.39, 0.29) is 5.92 Å². The molecule has 136 valence electrons. The molecule has 0 aliphatic carbocycles. The zero-order chi connectivity index (χ0) is 18.8. The van der Waals surface area contributed by atoms with E-state index in [2.05, 4.69) is 20.5 Å². The first-order chi connectivity index (χ1) is 12.4. The number of aryl methyl sites for hydroxylation is 1. The fraction of sp³-hybridized carbons (Fsp3) is 0.294. The quantitative estimate of drug-likeness (QED) is 0.528. The lowest BCUT2D eigenvalue weighted by atomic mass is 10.2. The predicted octanol–water partition coefficient (Wildman–Crippen LogP) is 2.18. The van der Waals surface area contributed by atoms with E-state index < -0.39 is 11.2 Å². The molecule has 0 saturated heterocycles. The van der Waals surface area contributed by atoms with E-state index in [1.165, 1.54) is 4.57 Å². The van der Waals surface area contributed by atoms with Gasteiger partial charge >= 0.3 is 5.69 Å². The molecule has 2 aromatic heterocycles. The summed E-state index contributed by atoms with van der Waals surface area (Å²) in [6.07, 6.45) is 1.62. The number of benzene rings is 1. The molecule has 0 fully saturated rings. The highest BCUT2D eigenvalue weighted by Crippen LogP contribution is 2.17. The van der Waals surface area contributed by atoms with Gasteiger partial charge in [0.1, 0.15) is 0 Å². The minimum absolute atomic E-state index is 0.268. The van der Waals surface area contributed by atoms with Crippen molar-refractivity contribution in [3.8, 4) is 0 Å². The lowest BCUT2D eigenvalue weighted by molar-refractivity contribution is 0.535. The van der Waals surface area contributed by atoms with Gasteiger partial charge in [-0.3, -0.25) is 14.3 Å². The Bertz CT molecular complexity index is 1080. The van der Waals surface area contributed by atoms with Gasteiger partial charge < -0.3 is 4.57 Å². The number of imidazole rings is 1. The highest BCUT2D eigenvalue weighted by Gasteiger charge is 2.17. The van der Waals surface area contributed by atoms with E-state index in [1.54, 1.807) is 30.0 Å². The third-order valence-electron chi connectivity index (χ3n) is 3.80. The molecule has 0 amide bonds. The molecular weight excluding hydrogens is 356 g/mol. The Hall–Kier alpha value is -2.87. The number of H-pyrrole nitrogens is 1. The van der Waals surface area contributed by atoms with E-state index >= 15 is 0 Å². The molecule has 0 aliphatic rings. The zero-order valence-corrected chi connectivity index (χ0v) is 15.4. The zero-order valence-electron chi connectivity index (χ0n) is 14.7. The van der Waals surface area contributed by atoms with Crippen molar-refractivity contribution >= 4 is 34.9 Å². The molecule has 3 rings (SSSR count). The molecule has 3 aromatic rings. The molecule has 0 spiro atoms. The summed E-state index contributed by atoms with van der Waals surface area (Å²) in [6.45, 7) is 4.61. The van der Waals surface area contributed by atoms with Gasteiger partial charge in [0.05, 0.1) is 6.21 Å². The van der Waals surface area contributed by atoms with Gasteiger partial charge in [-0.1, -0.05) is 37.6 Å². The molecule has 26 heavy (non-hydrogen) atoms. The largest absolute Gasteiger partial charge is 0.329 e. The van der Waals surface area contributed by atoms with Gasteiger partial charge in [0.25, 0.3) is 5.56 Å². The molecule has 8 nitrogen and oxygen atoms in total. The normalized spacial score (nSPS) is 11.7. The number of halogens is 1. The lowest BCUT2D eigenvalue weighted by Crippen LogP contribution is -2.29. The maximum absolute atomic E-state index is 12.3. The average Bonchev–Trinajstić information content (AvgIpc) is 2.93. The van der Waals surface area contributed by atoms with Crippen LogP contribution in [0.2, 0.25) is 5.02 Å². The minimum Gasteiger partial charge on any atom is -0.303 e. The molecule has 0 bridgehead atoms. The average molecular weight is 375 g/mol. The number of aromatic nitrogens is 4. The number of aromatic amines is 1. The number of nitrogens with one attached hydrogen (secondary N) is 2. The highest BCUT2D eigenvalue weighted by atomic mass is 35.5. The van der Waals surface area contributed by atoms with Crippen LogP contribution in [0, 0.1) is 5.92 Å². The molecular formula is C17H19ClN6O2. The van der Waals surface area contributed by atoms with Crippen LogP contribution in [0.4, 0.5) is 5.95 Å². The van der Waals surface area contributed by atoms with Gasteiger partial charge in [0.2, 0.25) is 5.95 Å². The molecule has 0 radical (unpaired) electrons. The van der Waals surface area contributed by atoms with Crippen LogP contribution < -0.4 is 16.7 Å². The fourth-order valence-electron chi connectivity index (χ4n) is 2.58. The van der Waals surface area contributed by atoms with Crippen LogP contribution in [0.1, 0.15) is 19.4 Å². The number of anilines is 1. The van der Waals surface area contributed by atoms with E-state index in [0.29, 0.717) is 28.7 Å². The topological polar surface area (TPSA) is 97.1 Å². The Morgan fingerprint density at radius 2 is 2.00 bits per heavy atom. The van der Waals surface area contributed by atoms with E-state index in [4.69, 9.17) is 11.6 Å². The molecule has 9 heteroatoms. The van der Waals surface area contributed by atoms with Crippen molar-refractivity contribution in [1.29, 1.82) is 0 Å². The molecule has 1 aromatic carbocycles. The van der Waals surface area contributed by atoms with Crippen molar-refractivity contribution in [3.05, 3.63) is 55.7 Å². The van der Waals surface area contributed by atoms with Crippen molar-refractivity contribution in [2.75, 3.05) is 5.43 Å². The second-order valence-electron chi connectivity index (χ2n) is 6.35. The molecule has 2 heterocycles. The van der Waals surface area contributed by atoms with Gasteiger partial charge in [-0.25, -0.2) is 10.2 Å². The number of rotatable bonds is 5. The minimum atomic E-state index is -0.507. The monoisotopic (exact) mass is 374 g/mol. The maximum atomic E-state index is 12.3. The number of nitrogens with zero attached hydrogens (tertiary/aromatic N) is 4. The van der Waals surface area contributed by atoms with E-state index in [0.717, 1.165) is 5.56 Å². The van der Waals surface area contributed by atoms with Gasteiger partial charge in [0, 0.05) is 18.6 Å². The number of hydrazone groups is 1. The Morgan fingerprint density at radius 1 is 1.31 bits per heavy atom. The van der Waals surface area contributed by atoms with Crippen LogP contribution in [0.15, 0.2) is 39.0 Å². The smallest absolute Gasteiger partial charge is 0.303 e. The second-order valence-corrected chi connectivity index (χ2v) is 6.79. The SMILES string of the molecule is CC(C)Cn1c(N/N=C/c2ccc(Cl)cc2)nc2c1c(=O)[nH]c(=O)n2C. The summed E-state index contributed by atoms with van der Waals surface area (Å²) in [6, 6.07) is 7.20. The predicted molar refractivity (Wildman–Crippen MR) is 103 cm³/mol. The third-order valence-corrected chi connectivity index (χ3v) is 4.05. The summed E-state index contributed by atoms with van der Waals surface area (Å²) in [5.41, 5.74) is 3.40. The Morgan fingerprint density at radius 3 is 2.65 bits per heavy atom. The molecule has 0 saturated carbocycles. The lowest BCUT2D eigenvalue weighted by Gasteiger charge is -2.10. The molecule has 0 atom stereocenters. The molecule has 0 unspecified atom stereocenters. The number of fused-ring (bicyclic) bond motifs is 1. The van der Waals surface area contributed by atoms with Crippen molar-refractivity contribution in [3.63, 3.8) is 0 Å². The summed E-state index contributed by atoms with van der Waals surface area (Å²) in [5.74, 6) is 0.662. The van der Waals surface area contributed by atoms with Crippen LogP contribution in [0.25, 0.3) is 11.2 Å². The first-order valence-electron chi connectivity index (χ1n) is 8.11. The standard InChI is InChI=1S/C17H19ClN6O2/c1-10(2)9-24-13-14(23(3)17(26)21-15(13)25)20-16(24)22-19-8-11-4-6-12(18)7-5-11/h4-8,10H,9H2,1-3H3,(H,20,22)(H,21,25,26)/b19-8+. The number of hydrogen-bond acceptors (Lipinski definition) is 5. The Balaban J connectivity index is 2.02. The summed E-state index contributed by atoms with van der Waals surface area (Å²) in [7, 11) is 1.56. The molecule has 0 aliphatic heterocycles. The second kappa shape index (κ2) is 7.17. The van der Waals surface area contributed by atoms with Crippen LogP contribution in [0.3, 0.4) is 0 Å². The third kappa shape index (κ3) is 3.55. The summed E-state index contributed by atoms with van der Waals surface area (Å²) in [5, 5.41) is 4.83. The summed E-state index contributed by atoms with van der Waals surface area (Å²) < 4.78 is 3.04. The van der Waals surface area contributed by atoms with Gasteiger partial charge in [-0.05, 0) is 23.6 Å². The maximum Gasteiger partial charge on any atom is 0.329 e. The summed E-state index contributed by atoms with van der Waals surface area (Å²) >= 11 is 5.86. The van der Waals surface area contributed by atoms with Gasteiger partial charge in [-0.15, -0.1) is 0 Å². The first kappa shape index (κ1) is 17.9. The van der Waals surface area contributed by atoms with Crippen LogP contribution in [0.5, 0.6) is 0 Å². The Labute approximate surface area is 154 Å². The number of hydrogen-bond donors (Lipinski definition) is 2. The van der Waals surface area contributed by atoms with Crippen molar-refractivity contribution in [2.45, 2.75) is 20.4 Å². The van der Waals surface area contributed by atoms with E-state index in [1.807, 2.05) is 26.0 Å². The first-order valence-corrected chi connectivity index (χ1v) is 8.49. The van der Waals surface area contributed by atoms with Crippen molar-refractivity contribution in [2.24, 2.45) is 18.1 Å². The van der Waals surface area contributed by atoms with Gasteiger partial charge in [-0.2, -0.15) is 10.1 Å². The fourth-order valence-corrected chi connectivity index (χ4v) is 2.70. The van der Waals surface area contributed by atoms with Crippen molar-refractivity contribution < 1.29 is 0 Å². The van der Waals surface area contributed by atoms with Crippen LogP contribution in [-0.4, -0.2) is 25.3 Å².